The maximum absolute atomic E-state index is 12.1. The highest BCUT2D eigenvalue weighted by Gasteiger charge is 2.20. The van der Waals surface area contributed by atoms with E-state index in [0.29, 0.717) is 18.4 Å². The van der Waals surface area contributed by atoms with Gasteiger partial charge in [0.1, 0.15) is 0 Å². The molecule has 0 N–H and O–H groups in total. The summed E-state index contributed by atoms with van der Waals surface area (Å²) in [5, 5.41) is 0. The number of carbonyl (C=O) groups is 1. The standard InChI is InChI=1S/C13H24ClNO2/c1-11(2)15(9-4-8-14)13(16)7-6-12-5-3-10-17-12/h11-12H,3-10H2,1-2H3. The molecule has 17 heavy (non-hydrogen) atoms. The summed E-state index contributed by atoms with van der Waals surface area (Å²) in [6.45, 7) is 5.74. The summed E-state index contributed by atoms with van der Waals surface area (Å²) in [5.41, 5.74) is 0. The molecule has 4 heteroatoms. The molecule has 1 unspecified atom stereocenters. The Morgan fingerprint density at radius 2 is 2.29 bits per heavy atom. The van der Waals surface area contributed by atoms with Crippen molar-refractivity contribution >= 4 is 17.5 Å². The van der Waals surface area contributed by atoms with Crippen LogP contribution >= 0.6 is 11.6 Å². The third-order valence-corrected chi connectivity index (χ3v) is 3.45. The largest absolute Gasteiger partial charge is 0.378 e. The second kappa shape index (κ2) is 7.93. The molecule has 1 aliphatic rings. The summed E-state index contributed by atoms with van der Waals surface area (Å²) in [7, 11) is 0. The molecule has 3 nitrogen and oxygen atoms in total. The Kier molecular flexibility index (Phi) is 6.90. The molecule has 0 radical (unpaired) electrons. The predicted molar refractivity (Wildman–Crippen MR) is 70.4 cm³/mol. The Morgan fingerprint density at radius 3 is 2.82 bits per heavy atom. The van der Waals surface area contributed by atoms with Gasteiger partial charge in [0, 0.05) is 31.5 Å². The molecule has 1 amide bonds. The normalized spacial score (nSPS) is 19.9. The van der Waals surface area contributed by atoms with Gasteiger partial charge in [-0.25, -0.2) is 0 Å². The Labute approximate surface area is 109 Å². The Balaban J connectivity index is 2.30. The lowest BCUT2D eigenvalue weighted by atomic mass is 10.1. The third-order valence-electron chi connectivity index (χ3n) is 3.18. The van der Waals surface area contributed by atoms with Crippen LogP contribution in [0.2, 0.25) is 0 Å². The van der Waals surface area contributed by atoms with Gasteiger partial charge < -0.3 is 9.64 Å². The van der Waals surface area contributed by atoms with Crippen LogP contribution in [0.1, 0.15) is 46.0 Å². The van der Waals surface area contributed by atoms with Crippen LogP contribution in [0.5, 0.6) is 0 Å². The van der Waals surface area contributed by atoms with Crippen LogP contribution < -0.4 is 0 Å². The van der Waals surface area contributed by atoms with E-state index < -0.39 is 0 Å². The summed E-state index contributed by atoms with van der Waals surface area (Å²) in [6, 6.07) is 0.259. The van der Waals surface area contributed by atoms with E-state index in [1.807, 2.05) is 4.90 Å². The smallest absolute Gasteiger partial charge is 0.222 e. The van der Waals surface area contributed by atoms with Gasteiger partial charge >= 0.3 is 0 Å². The molecule has 1 saturated heterocycles. The van der Waals surface area contributed by atoms with Crippen LogP contribution in [0.15, 0.2) is 0 Å². The fourth-order valence-corrected chi connectivity index (χ4v) is 2.32. The molecular weight excluding hydrogens is 238 g/mol. The van der Waals surface area contributed by atoms with Crippen molar-refractivity contribution in [1.29, 1.82) is 0 Å². The molecule has 0 aromatic carbocycles. The van der Waals surface area contributed by atoms with Gasteiger partial charge in [-0.3, -0.25) is 4.79 Å². The minimum atomic E-state index is 0.237. The van der Waals surface area contributed by atoms with Crippen molar-refractivity contribution in [2.24, 2.45) is 0 Å². The number of halogens is 1. The van der Waals surface area contributed by atoms with E-state index in [4.69, 9.17) is 16.3 Å². The number of alkyl halides is 1. The van der Waals surface area contributed by atoms with E-state index >= 15 is 0 Å². The topological polar surface area (TPSA) is 29.5 Å². The molecular formula is C13H24ClNO2. The van der Waals surface area contributed by atoms with Gasteiger partial charge in [-0.1, -0.05) is 0 Å². The molecule has 1 rings (SSSR count). The molecule has 100 valence electrons. The highest BCUT2D eigenvalue weighted by Crippen LogP contribution is 2.18. The number of amides is 1. The maximum Gasteiger partial charge on any atom is 0.222 e. The van der Waals surface area contributed by atoms with Gasteiger partial charge in [-0.05, 0) is 39.5 Å². The molecule has 1 fully saturated rings. The lowest BCUT2D eigenvalue weighted by Gasteiger charge is -2.27. The molecule has 1 heterocycles. The summed E-state index contributed by atoms with van der Waals surface area (Å²) >= 11 is 5.68. The zero-order valence-electron chi connectivity index (χ0n) is 11.0. The quantitative estimate of drug-likeness (QED) is 0.660. The summed E-state index contributed by atoms with van der Waals surface area (Å²) < 4.78 is 5.53. The number of rotatable bonds is 7. The molecule has 0 bridgehead atoms. The van der Waals surface area contributed by atoms with E-state index in [-0.39, 0.29) is 11.9 Å². The first kappa shape index (κ1) is 14.8. The number of hydrogen-bond acceptors (Lipinski definition) is 2. The van der Waals surface area contributed by atoms with Crippen LogP contribution in [0, 0.1) is 0 Å². The van der Waals surface area contributed by atoms with E-state index in [2.05, 4.69) is 13.8 Å². The Morgan fingerprint density at radius 1 is 1.53 bits per heavy atom. The van der Waals surface area contributed by atoms with Crippen LogP contribution in [-0.4, -0.2) is 42.0 Å². The van der Waals surface area contributed by atoms with E-state index in [0.717, 1.165) is 38.8 Å². The molecule has 1 aliphatic heterocycles. The average molecular weight is 262 g/mol. The van der Waals surface area contributed by atoms with Crippen molar-refractivity contribution in [2.75, 3.05) is 19.0 Å². The first-order valence-corrected chi connectivity index (χ1v) is 7.15. The van der Waals surface area contributed by atoms with Crippen molar-refractivity contribution < 1.29 is 9.53 Å². The average Bonchev–Trinajstić information content (AvgIpc) is 2.79. The number of ether oxygens (including phenoxy) is 1. The van der Waals surface area contributed by atoms with Gasteiger partial charge in [0.05, 0.1) is 6.10 Å². The van der Waals surface area contributed by atoms with E-state index in [1.54, 1.807) is 0 Å². The monoisotopic (exact) mass is 261 g/mol. The van der Waals surface area contributed by atoms with Crippen molar-refractivity contribution in [1.82, 2.24) is 4.90 Å². The molecule has 0 spiro atoms. The minimum absolute atomic E-state index is 0.237. The lowest BCUT2D eigenvalue weighted by Crippen LogP contribution is -2.38. The van der Waals surface area contributed by atoms with Gasteiger partial charge in [0.15, 0.2) is 0 Å². The number of carbonyl (C=O) groups excluding carboxylic acids is 1. The maximum atomic E-state index is 12.1. The molecule has 0 saturated carbocycles. The Bertz CT molecular complexity index is 227. The fourth-order valence-electron chi connectivity index (χ4n) is 2.20. The SMILES string of the molecule is CC(C)N(CCCCl)C(=O)CCC1CCCO1. The lowest BCUT2D eigenvalue weighted by molar-refractivity contribution is -0.133. The molecule has 0 aromatic rings. The van der Waals surface area contributed by atoms with Crippen LogP contribution in [0.4, 0.5) is 0 Å². The fraction of sp³-hybridized carbons (Fsp3) is 0.923. The summed E-state index contributed by atoms with van der Waals surface area (Å²) in [4.78, 5) is 14.0. The van der Waals surface area contributed by atoms with Crippen molar-refractivity contribution in [3.8, 4) is 0 Å². The van der Waals surface area contributed by atoms with E-state index in [1.165, 1.54) is 0 Å². The first-order valence-electron chi connectivity index (χ1n) is 6.62. The summed E-state index contributed by atoms with van der Waals surface area (Å²) in [5.74, 6) is 0.850. The van der Waals surface area contributed by atoms with Gasteiger partial charge in [0.25, 0.3) is 0 Å². The molecule has 0 aliphatic carbocycles. The Hall–Kier alpha value is -0.280. The summed E-state index contributed by atoms with van der Waals surface area (Å²) in [6.07, 6.45) is 4.88. The second-order valence-electron chi connectivity index (χ2n) is 4.90. The molecule has 1 atom stereocenters. The van der Waals surface area contributed by atoms with Crippen molar-refractivity contribution in [2.45, 2.75) is 58.1 Å². The van der Waals surface area contributed by atoms with Gasteiger partial charge in [-0.2, -0.15) is 0 Å². The minimum Gasteiger partial charge on any atom is -0.378 e. The molecule has 0 aromatic heterocycles. The predicted octanol–water partition coefficient (Wildman–Crippen LogP) is 2.81. The highest BCUT2D eigenvalue weighted by atomic mass is 35.5. The van der Waals surface area contributed by atoms with Crippen molar-refractivity contribution in [3.05, 3.63) is 0 Å². The van der Waals surface area contributed by atoms with Crippen molar-refractivity contribution in [3.63, 3.8) is 0 Å². The van der Waals surface area contributed by atoms with Crippen LogP contribution in [0.3, 0.4) is 0 Å². The first-order chi connectivity index (χ1) is 8.15. The van der Waals surface area contributed by atoms with Gasteiger partial charge in [-0.15, -0.1) is 11.6 Å². The van der Waals surface area contributed by atoms with E-state index in [9.17, 15) is 4.79 Å². The highest BCUT2D eigenvalue weighted by molar-refractivity contribution is 6.17. The zero-order valence-corrected chi connectivity index (χ0v) is 11.7. The van der Waals surface area contributed by atoms with Gasteiger partial charge in [0.2, 0.25) is 5.91 Å². The number of nitrogens with zero attached hydrogens (tertiary/aromatic N) is 1. The van der Waals surface area contributed by atoms with Crippen LogP contribution in [-0.2, 0) is 9.53 Å². The zero-order chi connectivity index (χ0) is 12.7. The van der Waals surface area contributed by atoms with Crippen LogP contribution in [0.25, 0.3) is 0 Å². The second-order valence-corrected chi connectivity index (χ2v) is 5.28. The third kappa shape index (κ3) is 5.26. The number of hydrogen-bond donors (Lipinski definition) is 0.